The molecule has 3 heterocycles. The average molecular weight is 433 g/mol. The van der Waals surface area contributed by atoms with Gasteiger partial charge in [-0.3, -0.25) is 9.69 Å². The normalized spacial score (nSPS) is 26.9. The number of amides is 1. The maximum Gasteiger partial charge on any atom is 0.248 e. The summed E-state index contributed by atoms with van der Waals surface area (Å²) in [5.41, 5.74) is 6.45. The SMILES string of the molecule is C[C@]12SCC(C[n+]3ccccc3)=C(C(=O)[O-])N1C(=O)[C@H]2N.I. The number of aromatic nitrogens is 1. The fourth-order valence-electron chi connectivity index (χ4n) is 2.72. The van der Waals surface area contributed by atoms with Crippen LogP contribution in [0.5, 0.6) is 0 Å². The van der Waals surface area contributed by atoms with Crippen LogP contribution in [-0.4, -0.2) is 33.4 Å². The lowest BCUT2D eigenvalue weighted by Gasteiger charge is -2.57. The van der Waals surface area contributed by atoms with E-state index in [1.54, 1.807) is 6.92 Å². The number of carbonyl (C=O) groups is 2. The van der Waals surface area contributed by atoms with Gasteiger partial charge in [-0.1, -0.05) is 6.07 Å². The predicted octanol–water partition coefficient (Wildman–Crippen LogP) is -0.771. The molecule has 0 bridgehead atoms. The monoisotopic (exact) mass is 433 g/mol. The van der Waals surface area contributed by atoms with Gasteiger partial charge in [0, 0.05) is 23.5 Å². The summed E-state index contributed by atoms with van der Waals surface area (Å²) in [7, 11) is 0. The molecule has 0 spiro atoms. The highest BCUT2D eigenvalue weighted by atomic mass is 127. The van der Waals surface area contributed by atoms with Crippen LogP contribution in [0, 0.1) is 0 Å². The van der Waals surface area contributed by atoms with E-state index in [0.717, 1.165) is 0 Å². The molecule has 6 nitrogen and oxygen atoms in total. The zero-order valence-electron chi connectivity index (χ0n) is 11.9. The summed E-state index contributed by atoms with van der Waals surface area (Å²) < 4.78 is 1.87. The summed E-state index contributed by atoms with van der Waals surface area (Å²) in [6.07, 6.45) is 3.70. The van der Waals surface area contributed by atoms with E-state index in [-0.39, 0.29) is 35.6 Å². The zero-order chi connectivity index (χ0) is 15.2. The summed E-state index contributed by atoms with van der Waals surface area (Å²) in [4.78, 5) is 24.1. The molecule has 2 aliphatic rings. The van der Waals surface area contributed by atoms with Crippen LogP contribution in [0.25, 0.3) is 0 Å². The topological polar surface area (TPSA) is 90.3 Å². The number of rotatable bonds is 3. The van der Waals surface area contributed by atoms with Gasteiger partial charge in [0.2, 0.25) is 5.91 Å². The Morgan fingerprint density at radius 3 is 2.73 bits per heavy atom. The van der Waals surface area contributed by atoms with Gasteiger partial charge in [-0.15, -0.1) is 35.7 Å². The van der Waals surface area contributed by atoms with Gasteiger partial charge in [-0.2, -0.15) is 0 Å². The van der Waals surface area contributed by atoms with Crippen molar-refractivity contribution >= 4 is 47.6 Å². The van der Waals surface area contributed by atoms with Gasteiger partial charge < -0.3 is 15.6 Å². The van der Waals surface area contributed by atoms with Crippen LogP contribution in [0.3, 0.4) is 0 Å². The van der Waals surface area contributed by atoms with Crippen molar-refractivity contribution in [3.8, 4) is 0 Å². The predicted molar refractivity (Wildman–Crippen MR) is 89.8 cm³/mol. The van der Waals surface area contributed by atoms with E-state index >= 15 is 0 Å². The van der Waals surface area contributed by atoms with Crippen molar-refractivity contribution in [1.82, 2.24) is 4.90 Å². The Morgan fingerprint density at radius 2 is 2.14 bits per heavy atom. The van der Waals surface area contributed by atoms with Crippen molar-refractivity contribution in [3.05, 3.63) is 41.9 Å². The molecule has 8 heteroatoms. The fraction of sp³-hybridized carbons (Fsp3) is 0.357. The Bertz CT molecular complexity index is 652. The number of fused-ring (bicyclic) bond motifs is 1. The minimum absolute atomic E-state index is 0. The minimum Gasteiger partial charge on any atom is -0.543 e. The van der Waals surface area contributed by atoms with Crippen LogP contribution < -0.4 is 15.4 Å². The number of carbonyl (C=O) groups excluding carboxylic acids is 2. The molecule has 1 aromatic heterocycles. The molecule has 1 aromatic rings. The quantitative estimate of drug-likeness (QED) is 0.384. The number of pyridine rings is 1. The smallest absolute Gasteiger partial charge is 0.248 e. The lowest BCUT2D eigenvalue weighted by Crippen LogP contribution is -2.76. The Morgan fingerprint density at radius 1 is 1.50 bits per heavy atom. The first-order valence-electron chi connectivity index (χ1n) is 6.56. The molecule has 0 aliphatic carbocycles. The van der Waals surface area contributed by atoms with Crippen LogP contribution in [-0.2, 0) is 16.1 Å². The fourth-order valence-corrected chi connectivity index (χ4v) is 4.01. The van der Waals surface area contributed by atoms with Crippen molar-refractivity contribution < 1.29 is 19.3 Å². The molecular weight excluding hydrogens is 417 g/mol. The molecule has 2 aliphatic heterocycles. The van der Waals surface area contributed by atoms with Gasteiger partial charge in [0.25, 0.3) is 0 Å². The highest BCUT2D eigenvalue weighted by Crippen LogP contribution is 2.48. The third-order valence-corrected chi connectivity index (χ3v) is 5.46. The van der Waals surface area contributed by atoms with E-state index in [1.165, 1.54) is 16.7 Å². The highest BCUT2D eigenvalue weighted by Gasteiger charge is 2.59. The Kier molecular flexibility index (Phi) is 4.83. The standard InChI is InChI=1S/C14H15N3O3S.HI/c1-14-11(15)12(18)17(14)10(13(19)20)9(8-21-14)7-16-5-3-2-4-6-16;/h2-6,11H,7-8,15H2,1H3;1H/t11-,14-;/m1./s1. The molecule has 118 valence electrons. The number of nitrogens with two attached hydrogens (primary N) is 1. The van der Waals surface area contributed by atoms with E-state index in [9.17, 15) is 14.7 Å². The summed E-state index contributed by atoms with van der Waals surface area (Å²) in [6.45, 7) is 2.20. The van der Waals surface area contributed by atoms with Gasteiger partial charge >= 0.3 is 0 Å². The second-order valence-corrected chi connectivity index (χ2v) is 6.69. The van der Waals surface area contributed by atoms with Crippen molar-refractivity contribution in [1.29, 1.82) is 0 Å². The number of β-lactam (4-membered cyclic amide) rings is 1. The van der Waals surface area contributed by atoms with E-state index < -0.39 is 16.9 Å². The molecule has 2 atom stereocenters. The number of carboxylic acid groups (broad SMARTS) is 1. The molecule has 22 heavy (non-hydrogen) atoms. The van der Waals surface area contributed by atoms with Crippen LogP contribution >= 0.6 is 35.7 Å². The molecular formula is C14H16IN3O3S. The molecule has 2 N–H and O–H groups in total. The van der Waals surface area contributed by atoms with Crippen LogP contribution in [0.4, 0.5) is 0 Å². The zero-order valence-corrected chi connectivity index (χ0v) is 15.0. The van der Waals surface area contributed by atoms with Crippen molar-refractivity contribution in [2.75, 3.05) is 5.75 Å². The lowest BCUT2D eigenvalue weighted by atomic mass is 9.93. The summed E-state index contributed by atoms with van der Waals surface area (Å²) in [5, 5.41) is 11.5. The molecule has 0 radical (unpaired) electrons. The third-order valence-electron chi connectivity index (χ3n) is 3.95. The number of carboxylic acids is 1. The van der Waals surface area contributed by atoms with Gasteiger partial charge in [0.15, 0.2) is 18.9 Å². The number of hydrogen-bond donors (Lipinski definition) is 1. The van der Waals surface area contributed by atoms with Gasteiger partial charge in [0.05, 0.1) is 11.7 Å². The van der Waals surface area contributed by atoms with E-state index in [1.807, 2.05) is 35.2 Å². The number of thioether (sulfide) groups is 1. The van der Waals surface area contributed by atoms with Crippen LogP contribution in [0.1, 0.15) is 6.92 Å². The Hall–Kier alpha value is -1.13. The summed E-state index contributed by atoms with van der Waals surface area (Å²) in [5.74, 6) is -1.17. The van der Waals surface area contributed by atoms with E-state index in [4.69, 9.17) is 5.73 Å². The molecule has 0 unspecified atom stereocenters. The summed E-state index contributed by atoms with van der Waals surface area (Å²) >= 11 is 1.49. The Balaban J connectivity index is 0.00000176. The molecule has 1 saturated heterocycles. The van der Waals surface area contributed by atoms with E-state index in [2.05, 4.69) is 0 Å². The minimum atomic E-state index is -1.33. The molecule has 0 saturated carbocycles. The van der Waals surface area contributed by atoms with Gasteiger partial charge in [0.1, 0.15) is 10.9 Å². The molecule has 1 amide bonds. The van der Waals surface area contributed by atoms with Crippen molar-refractivity contribution in [2.24, 2.45) is 5.73 Å². The van der Waals surface area contributed by atoms with Crippen molar-refractivity contribution in [2.45, 2.75) is 24.4 Å². The van der Waals surface area contributed by atoms with Gasteiger partial charge in [-0.25, -0.2) is 4.57 Å². The van der Waals surface area contributed by atoms with Crippen LogP contribution in [0.2, 0.25) is 0 Å². The Labute approximate surface area is 149 Å². The molecule has 0 aromatic carbocycles. The molecule has 1 fully saturated rings. The third kappa shape index (κ3) is 2.52. The average Bonchev–Trinajstić information content (AvgIpc) is 2.48. The number of hydrogen-bond acceptors (Lipinski definition) is 5. The van der Waals surface area contributed by atoms with Crippen molar-refractivity contribution in [3.63, 3.8) is 0 Å². The summed E-state index contributed by atoms with van der Waals surface area (Å²) in [6, 6.07) is 4.95. The largest absolute Gasteiger partial charge is 0.543 e. The first-order chi connectivity index (χ1) is 9.95. The maximum absolute atomic E-state index is 12.0. The van der Waals surface area contributed by atoms with Gasteiger partial charge in [-0.05, 0) is 6.92 Å². The first-order valence-corrected chi connectivity index (χ1v) is 7.55. The second kappa shape index (κ2) is 6.17. The first kappa shape index (κ1) is 17.2. The lowest BCUT2D eigenvalue weighted by molar-refractivity contribution is -0.689. The number of halogens is 1. The maximum atomic E-state index is 12.0. The van der Waals surface area contributed by atoms with Crippen LogP contribution in [0.15, 0.2) is 41.9 Å². The second-order valence-electron chi connectivity index (χ2n) is 5.28. The highest BCUT2D eigenvalue weighted by molar-refractivity contribution is 14.0. The number of aliphatic carboxylic acids is 1. The van der Waals surface area contributed by atoms with E-state index in [0.29, 0.717) is 17.9 Å². The molecule has 3 rings (SSSR count). The number of nitrogens with zero attached hydrogens (tertiary/aromatic N) is 2.